The van der Waals surface area contributed by atoms with Crippen LogP contribution in [0.15, 0.2) is 36.0 Å². The lowest BCUT2D eigenvalue weighted by Gasteiger charge is -2.33. The average molecular weight is 355 g/mol. The number of aromatic nitrogens is 2. The number of aliphatic hydroxyl groups is 1. The van der Waals surface area contributed by atoms with E-state index in [0.29, 0.717) is 0 Å². The van der Waals surface area contributed by atoms with E-state index in [1.807, 2.05) is 0 Å². The topological polar surface area (TPSA) is 53.7 Å². The highest BCUT2D eigenvalue weighted by atomic mass is 32.1. The van der Waals surface area contributed by atoms with Crippen LogP contribution in [0.4, 0.5) is 5.82 Å². The molecule has 25 heavy (non-hydrogen) atoms. The van der Waals surface area contributed by atoms with Crippen molar-refractivity contribution in [3.63, 3.8) is 0 Å². The molecule has 130 valence electrons. The molecule has 1 aliphatic heterocycles. The van der Waals surface area contributed by atoms with Crippen LogP contribution >= 0.6 is 11.3 Å². The maximum absolute atomic E-state index is 9.14. The molecular formula is C19H23N4OS+. The average Bonchev–Trinajstić information content (AvgIpc) is 3.08. The smallest absolute Gasteiger partial charge is 0.141 e. The zero-order chi connectivity index (χ0) is 17.2. The third-order valence-electron chi connectivity index (χ3n) is 4.95. The summed E-state index contributed by atoms with van der Waals surface area (Å²) in [7, 11) is 0. The highest BCUT2D eigenvalue weighted by molar-refractivity contribution is 7.17. The molecule has 1 saturated heterocycles. The summed E-state index contributed by atoms with van der Waals surface area (Å²) >= 11 is 1.68. The summed E-state index contributed by atoms with van der Waals surface area (Å²) in [4.78, 5) is 14.0. The van der Waals surface area contributed by atoms with Crippen molar-refractivity contribution < 1.29 is 10.0 Å². The number of piperazine rings is 1. The molecule has 1 aromatic carbocycles. The Morgan fingerprint density at radius 3 is 2.64 bits per heavy atom. The molecule has 3 aromatic rings. The fourth-order valence-corrected chi connectivity index (χ4v) is 4.40. The van der Waals surface area contributed by atoms with E-state index in [2.05, 4.69) is 51.4 Å². The fourth-order valence-electron chi connectivity index (χ4n) is 3.49. The summed E-state index contributed by atoms with van der Waals surface area (Å²) in [5, 5.41) is 12.5. The zero-order valence-corrected chi connectivity index (χ0v) is 15.2. The quantitative estimate of drug-likeness (QED) is 0.742. The van der Waals surface area contributed by atoms with Crippen LogP contribution in [0.25, 0.3) is 21.3 Å². The second-order valence-corrected chi connectivity index (χ2v) is 7.46. The van der Waals surface area contributed by atoms with Gasteiger partial charge in [-0.2, -0.15) is 0 Å². The molecular weight excluding hydrogens is 332 g/mol. The molecule has 0 unspecified atom stereocenters. The van der Waals surface area contributed by atoms with Gasteiger partial charge in [0.1, 0.15) is 23.5 Å². The monoisotopic (exact) mass is 355 g/mol. The van der Waals surface area contributed by atoms with Crippen molar-refractivity contribution in [3.8, 4) is 11.1 Å². The van der Waals surface area contributed by atoms with Gasteiger partial charge in [-0.05, 0) is 12.5 Å². The lowest BCUT2D eigenvalue weighted by Crippen LogP contribution is -3.15. The predicted octanol–water partition coefficient (Wildman–Crippen LogP) is 1.36. The van der Waals surface area contributed by atoms with E-state index in [4.69, 9.17) is 5.11 Å². The molecule has 0 amide bonds. The predicted molar refractivity (Wildman–Crippen MR) is 102 cm³/mol. The molecule has 3 heterocycles. The van der Waals surface area contributed by atoms with Gasteiger partial charge in [0, 0.05) is 10.9 Å². The van der Waals surface area contributed by atoms with Gasteiger partial charge in [0.25, 0.3) is 0 Å². The number of fused-ring (bicyclic) bond motifs is 1. The first-order valence-electron chi connectivity index (χ1n) is 8.75. The number of thiophene rings is 1. The van der Waals surface area contributed by atoms with Crippen molar-refractivity contribution in [2.75, 3.05) is 44.2 Å². The van der Waals surface area contributed by atoms with Crippen LogP contribution in [0.2, 0.25) is 0 Å². The number of nitrogens with zero attached hydrogens (tertiary/aromatic N) is 3. The zero-order valence-electron chi connectivity index (χ0n) is 14.4. The summed E-state index contributed by atoms with van der Waals surface area (Å²) < 4.78 is 0. The molecule has 5 nitrogen and oxygen atoms in total. The first kappa shape index (κ1) is 16.4. The summed E-state index contributed by atoms with van der Waals surface area (Å²) in [5.74, 6) is 1.05. The summed E-state index contributed by atoms with van der Waals surface area (Å²) in [6.45, 7) is 7.20. The second kappa shape index (κ2) is 7.07. The highest BCUT2D eigenvalue weighted by Crippen LogP contribution is 2.37. The molecule has 0 bridgehead atoms. The van der Waals surface area contributed by atoms with Gasteiger partial charge in [-0.15, -0.1) is 11.3 Å². The van der Waals surface area contributed by atoms with Gasteiger partial charge in [-0.3, -0.25) is 0 Å². The minimum absolute atomic E-state index is 0.259. The van der Waals surface area contributed by atoms with Crippen molar-refractivity contribution in [2.45, 2.75) is 6.92 Å². The fraction of sp³-hybridized carbons (Fsp3) is 0.368. The molecule has 0 atom stereocenters. The van der Waals surface area contributed by atoms with E-state index in [1.54, 1.807) is 17.7 Å². The van der Waals surface area contributed by atoms with Crippen LogP contribution in [-0.4, -0.2) is 54.4 Å². The molecule has 0 saturated carbocycles. The van der Waals surface area contributed by atoms with Gasteiger partial charge in [-0.1, -0.05) is 29.8 Å². The number of rotatable bonds is 4. The van der Waals surface area contributed by atoms with E-state index in [9.17, 15) is 0 Å². The second-order valence-electron chi connectivity index (χ2n) is 6.60. The van der Waals surface area contributed by atoms with E-state index in [-0.39, 0.29) is 6.61 Å². The van der Waals surface area contributed by atoms with Gasteiger partial charge in [0.2, 0.25) is 0 Å². The Bertz CT molecular complexity index is 853. The van der Waals surface area contributed by atoms with Gasteiger partial charge in [0.15, 0.2) is 0 Å². The van der Waals surface area contributed by atoms with Crippen molar-refractivity contribution in [1.82, 2.24) is 9.97 Å². The van der Waals surface area contributed by atoms with Crippen LogP contribution in [0.5, 0.6) is 0 Å². The van der Waals surface area contributed by atoms with Crippen molar-refractivity contribution >= 4 is 27.4 Å². The van der Waals surface area contributed by atoms with Crippen LogP contribution in [0.3, 0.4) is 0 Å². The Balaban J connectivity index is 1.70. The van der Waals surface area contributed by atoms with E-state index < -0.39 is 0 Å². The maximum Gasteiger partial charge on any atom is 0.141 e. The number of hydrogen-bond acceptors (Lipinski definition) is 5. The van der Waals surface area contributed by atoms with Gasteiger partial charge >= 0.3 is 0 Å². The van der Waals surface area contributed by atoms with Crippen molar-refractivity contribution in [2.24, 2.45) is 0 Å². The molecule has 6 heteroatoms. The first-order valence-corrected chi connectivity index (χ1v) is 9.63. The molecule has 2 aromatic heterocycles. The Morgan fingerprint density at radius 1 is 1.16 bits per heavy atom. The molecule has 1 fully saturated rings. The number of nitrogens with one attached hydrogen (secondary N) is 1. The molecule has 2 N–H and O–H groups in total. The third-order valence-corrected chi connectivity index (χ3v) is 5.83. The Hall–Kier alpha value is -2.02. The SMILES string of the molecule is Cc1ccc(-c2csc3ncnc(N4CC[NH+](CCO)CC4)c23)cc1. The maximum atomic E-state index is 9.14. The van der Waals surface area contributed by atoms with Crippen molar-refractivity contribution in [3.05, 3.63) is 41.5 Å². The number of anilines is 1. The van der Waals surface area contributed by atoms with E-state index in [0.717, 1.165) is 43.4 Å². The lowest BCUT2D eigenvalue weighted by molar-refractivity contribution is -0.900. The molecule has 4 rings (SSSR count). The first-order chi connectivity index (χ1) is 12.3. The molecule has 0 aliphatic carbocycles. The Kier molecular flexibility index (Phi) is 4.65. The van der Waals surface area contributed by atoms with Crippen LogP contribution < -0.4 is 9.80 Å². The minimum atomic E-state index is 0.259. The molecule has 1 aliphatic rings. The Morgan fingerprint density at radius 2 is 1.92 bits per heavy atom. The van der Waals surface area contributed by atoms with Gasteiger partial charge in [0.05, 0.1) is 38.2 Å². The molecule has 0 spiro atoms. The Labute approximate surface area is 151 Å². The van der Waals surface area contributed by atoms with E-state index in [1.165, 1.54) is 27.0 Å². The van der Waals surface area contributed by atoms with Crippen LogP contribution in [0, 0.1) is 6.92 Å². The third kappa shape index (κ3) is 3.25. The number of hydrogen-bond donors (Lipinski definition) is 2. The highest BCUT2D eigenvalue weighted by Gasteiger charge is 2.24. The standard InChI is InChI=1S/C19H22N4OS/c1-14-2-4-15(5-3-14)16-12-25-19-17(16)18(20-13-21-19)23-8-6-22(7-9-23)10-11-24/h2-5,12-13,24H,6-11H2,1H3/p+1. The number of aryl methyl sites for hydroxylation is 1. The number of benzene rings is 1. The molecule has 0 radical (unpaired) electrons. The summed E-state index contributed by atoms with van der Waals surface area (Å²) in [5.41, 5.74) is 3.71. The number of aliphatic hydroxyl groups excluding tert-OH is 1. The summed E-state index contributed by atoms with van der Waals surface area (Å²) in [6, 6.07) is 8.66. The number of quaternary nitrogens is 1. The largest absolute Gasteiger partial charge is 0.391 e. The van der Waals surface area contributed by atoms with Crippen LogP contribution in [0.1, 0.15) is 5.56 Å². The minimum Gasteiger partial charge on any atom is -0.391 e. The van der Waals surface area contributed by atoms with Gasteiger partial charge < -0.3 is 14.9 Å². The van der Waals surface area contributed by atoms with E-state index >= 15 is 0 Å². The van der Waals surface area contributed by atoms with Gasteiger partial charge in [-0.25, -0.2) is 9.97 Å². The van der Waals surface area contributed by atoms with Crippen molar-refractivity contribution in [1.29, 1.82) is 0 Å². The summed E-state index contributed by atoms with van der Waals surface area (Å²) in [6.07, 6.45) is 1.68. The normalized spacial score (nSPS) is 15.8. The lowest BCUT2D eigenvalue weighted by atomic mass is 10.0. The van der Waals surface area contributed by atoms with Crippen LogP contribution in [-0.2, 0) is 0 Å².